The number of fused-ring (bicyclic) bond motifs is 3. The maximum Gasteiger partial charge on any atom is 4.00 e. The second-order valence-electron chi connectivity index (χ2n) is 7.67. The van der Waals surface area contributed by atoms with Gasteiger partial charge in [-0.15, -0.1) is 11.6 Å². The molecule has 1 radical (unpaired) electrons. The summed E-state index contributed by atoms with van der Waals surface area (Å²) in [5.41, 5.74) is 12.3. The molecule has 0 fully saturated rings. The van der Waals surface area contributed by atoms with E-state index in [1.807, 2.05) is 19.9 Å². The van der Waals surface area contributed by atoms with E-state index in [-0.39, 0.29) is 66.6 Å². The monoisotopic (exact) mass is 580 g/mol. The Morgan fingerprint density at radius 2 is 1.24 bits per heavy atom. The van der Waals surface area contributed by atoms with Crippen LogP contribution in [0, 0.1) is 6.07 Å². The molecule has 0 saturated carbocycles. The minimum Gasteiger partial charge on any atom is -1.00 e. The maximum atomic E-state index is 6.83. The van der Waals surface area contributed by atoms with Gasteiger partial charge in [0.1, 0.15) is 9.52 Å². The molecule has 1 N–H and O–H groups in total. The van der Waals surface area contributed by atoms with Crippen LogP contribution in [0.25, 0.3) is 16.9 Å². The molecule has 1 aliphatic carbocycles. The minimum atomic E-state index is 0. The Hall–Kier alpha value is -1.48. The van der Waals surface area contributed by atoms with Gasteiger partial charge in [0.05, 0.1) is 0 Å². The van der Waals surface area contributed by atoms with E-state index in [1.165, 1.54) is 32.6 Å². The van der Waals surface area contributed by atoms with Gasteiger partial charge in [-0.2, -0.15) is 29.8 Å². The molecular weight excluding hydrogens is 553 g/mol. The van der Waals surface area contributed by atoms with Crippen LogP contribution in [0.5, 0.6) is 0 Å². The summed E-state index contributed by atoms with van der Waals surface area (Å²) in [7, 11) is 0.271. The molecule has 173 valence electrons. The molecule has 0 amide bonds. The van der Waals surface area contributed by atoms with E-state index < -0.39 is 0 Å². The van der Waals surface area contributed by atoms with Gasteiger partial charge in [-0.25, -0.2) is 0 Å². The van der Waals surface area contributed by atoms with Crippen LogP contribution in [0.2, 0.25) is 0 Å². The van der Waals surface area contributed by atoms with Gasteiger partial charge in [-0.05, 0) is 6.42 Å². The zero-order valence-electron chi connectivity index (χ0n) is 19.6. The van der Waals surface area contributed by atoms with Crippen molar-refractivity contribution in [2.24, 2.45) is 0 Å². The second kappa shape index (κ2) is 17.9. The molecule has 0 aliphatic heterocycles. The summed E-state index contributed by atoms with van der Waals surface area (Å²) in [6, 6.07) is 39.6. The first-order valence-electron chi connectivity index (χ1n) is 10.9. The van der Waals surface area contributed by atoms with Crippen molar-refractivity contribution in [3.05, 3.63) is 126 Å². The predicted octanol–water partition coefficient (Wildman–Crippen LogP) is -0.0255. The molecular formula is C29H30Cl2NSiZr. The van der Waals surface area contributed by atoms with Crippen molar-refractivity contribution < 1.29 is 51.0 Å². The first-order valence-corrected chi connectivity index (χ1v) is 12.1. The van der Waals surface area contributed by atoms with Gasteiger partial charge in [0.2, 0.25) is 0 Å². The normalized spacial score (nSPS) is 10.7. The first-order chi connectivity index (χ1) is 15.2. The second-order valence-corrected chi connectivity index (χ2v) is 9.29. The van der Waals surface area contributed by atoms with Crippen molar-refractivity contribution in [2.45, 2.75) is 32.7 Å². The number of benzene rings is 4. The van der Waals surface area contributed by atoms with Crippen LogP contribution in [0.1, 0.15) is 31.4 Å². The Bertz CT molecular complexity index is 979. The topological polar surface area (TPSA) is 23.8 Å². The van der Waals surface area contributed by atoms with Crippen LogP contribution in [-0.4, -0.2) is 15.6 Å². The van der Waals surface area contributed by atoms with E-state index in [9.17, 15) is 0 Å². The summed E-state index contributed by atoms with van der Waals surface area (Å²) < 4.78 is 0. The van der Waals surface area contributed by atoms with Gasteiger partial charge in [0.15, 0.2) is 0 Å². The van der Waals surface area contributed by atoms with E-state index in [0.29, 0.717) is 0 Å². The molecule has 5 rings (SSSR count). The Kier molecular flexibility index (Phi) is 17.1. The summed E-state index contributed by atoms with van der Waals surface area (Å²) in [5.74, 6) is 0. The number of nitrogens with one attached hydrogen (secondary N) is 1. The Morgan fingerprint density at radius 1 is 0.765 bits per heavy atom. The maximum absolute atomic E-state index is 6.83. The van der Waals surface area contributed by atoms with Crippen LogP contribution in [0.15, 0.2) is 103 Å². The summed E-state index contributed by atoms with van der Waals surface area (Å²) >= 11 is 0. The summed E-state index contributed by atoms with van der Waals surface area (Å²) in [5, 5.41) is 2.90. The molecule has 1 unspecified atom stereocenters. The third-order valence-electron chi connectivity index (χ3n) is 5.16. The first kappa shape index (κ1) is 32.5. The van der Waals surface area contributed by atoms with Crippen LogP contribution >= 0.6 is 0 Å². The van der Waals surface area contributed by atoms with Gasteiger partial charge < -0.3 is 30.5 Å². The molecule has 0 spiro atoms. The van der Waals surface area contributed by atoms with E-state index in [2.05, 4.69) is 103 Å². The molecule has 5 heteroatoms. The number of rotatable bonds is 3. The van der Waals surface area contributed by atoms with E-state index in [4.69, 9.17) is 5.73 Å². The zero-order chi connectivity index (χ0) is 21.9. The van der Waals surface area contributed by atoms with Gasteiger partial charge in [0, 0.05) is 0 Å². The largest absolute Gasteiger partial charge is 4.00 e. The van der Waals surface area contributed by atoms with Gasteiger partial charge in [-0.1, -0.05) is 127 Å². The standard InChI is InChI=1S/C13H9.C12H11Si.C4H10N.2ClH.Zr/c1-3-7-12-10(5-1)9-11-6-2-4-8-13(11)12;1-3-7-11(8-4-1)13-12-9-5-2-6-10-12;1-3-4(2)5;;;/h1-5,7-8H,9H2;1-10,13H;4-5H,3H2,1-2H3;2*1H;/q-1;;-1;;;+4/p-2. The van der Waals surface area contributed by atoms with E-state index in [0.717, 1.165) is 12.8 Å². The number of hydrogen-bond acceptors (Lipinski definition) is 0. The molecule has 0 bridgehead atoms. The van der Waals surface area contributed by atoms with Gasteiger partial charge in [0.25, 0.3) is 0 Å². The molecule has 0 aromatic heterocycles. The number of hydrogen-bond donors (Lipinski definition) is 0. The fourth-order valence-corrected chi connectivity index (χ4v) is 4.50. The fraction of sp³-hybridized carbons (Fsp3) is 0.172. The fourth-order valence-electron chi connectivity index (χ4n) is 3.29. The van der Waals surface area contributed by atoms with Crippen molar-refractivity contribution in [3.8, 4) is 11.1 Å². The van der Waals surface area contributed by atoms with E-state index >= 15 is 0 Å². The quantitative estimate of drug-likeness (QED) is 0.211. The predicted molar refractivity (Wildman–Crippen MR) is 137 cm³/mol. The Balaban J connectivity index is 0.000000501. The van der Waals surface area contributed by atoms with Crippen LogP contribution < -0.4 is 35.2 Å². The Morgan fingerprint density at radius 3 is 1.76 bits per heavy atom. The molecule has 0 saturated heterocycles. The third kappa shape index (κ3) is 10.4. The van der Waals surface area contributed by atoms with Crippen molar-refractivity contribution in [1.29, 1.82) is 0 Å². The third-order valence-corrected chi connectivity index (χ3v) is 6.60. The van der Waals surface area contributed by atoms with Crippen molar-refractivity contribution in [2.75, 3.05) is 0 Å². The van der Waals surface area contributed by atoms with Crippen molar-refractivity contribution >= 4 is 19.9 Å². The minimum absolute atomic E-state index is 0. The Labute approximate surface area is 239 Å². The summed E-state index contributed by atoms with van der Waals surface area (Å²) in [6.07, 6.45) is 2.02. The molecule has 4 aromatic carbocycles. The smallest absolute Gasteiger partial charge is 1.00 e. The molecule has 4 aromatic rings. The van der Waals surface area contributed by atoms with Crippen molar-refractivity contribution in [3.63, 3.8) is 0 Å². The van der Waals surface area contributed by atoms with E-state index in [1.54, 1.807) is 0 Å². The summed E-state index contributed by atoms with van der Waals surface area (Å²) in [6.45, 7) is 3.90. The van der Waals surface area contributed by atoms with Crippen molar-refractivity contribution in [1.82, 2.24) is 0 Å². The van der Waals surface area contributed by atoms with Gasteiger partial charge >= 0.3 is 26.2 Å². The number of halogens is 2. The summed E-state index contributed by atoms with van der Waals surface area (Å²) in [4.78, 5) is 0. The average molecular weight is 583 g/mol. The molecule has 34 heavy (non-hydrogen) atoms. The molecule has 1 aliphatic rings. The molecule has 1 atom stereocenters. The van der Waals surface area contributed by atoms with Crippen LogP contribution in [-0.2, 0) is 32.6 Å². The van der Waals surface area contributed by atoms with Crippen LogP contribution in [0.3, 0.4) is 0 Å². The average Bonchev–Trinajstić information content (AvgIpc) is 3.20. The molecule has 1 nitrogen and oxygen atoms in total. The zero-order valence-corrected chi connectivity index (χ0v) is 24.8. The molecule has 0 heterocycles. The van der Waals surface area contributed by atoms with Gasteiger partial charge in [-0.3, -0.25) is 0 Å². The van der Waals surface area contributed by atoms with Crippen LogP contribution in [0.4, 0.5) is 0 Å². The SMILES string of the molecule is CCC(C)[NH-].[Cl-].[Cl-].[Zr+4].[c-]1cccc2c1Cc1ccccc1-2.c1ccc([SiH]c2ccccc2)cc1.